The van der Waals surface area contributed by atoms with E-state index in [9.17, 15) is 14.0 Å². The van der Waals surface area contributed by atoms with Gasteiger partial charge in [-0.05, 0) is 25.5 Å². The maximum absolute atomic E-state index is 12.9. The fourth-order valence-electron chi connectivity index (χ4n) is 1.43. The van der Waals surface area contributed by atoms with E-state index in [-0.39, 0.29) is 12.2 Å². The van der Waals surface area contributed by atoms with Crippen molar-refractivity contribution in [2.24, 2.45) is 0 Å². The number of rotatable bonds is 6. The van der Waals surface area contributed by atoms with E-state index < -0.39 is 29.8 Å². The van der Waals surface area contributed by atoms with E-state index in [1.54, 1.807) is 6.92 Å². The molecule has 1 rings (SSSR count). The van der Waals surface area contributed by atoms with E-state index >= 15 is 0 Å². The molecule has 0 saturated heterocycles. The van der Waals surface area contributed by atoms with Crippen LogP contribution in [0.1, 0.15) is 20.3 Å². The number of hydrogen-bond donors (Lipinski definition) is 2. The molecule has 0 aliphatic heterocycles. The Labute approximate surface area is 110 Å². The Hall–Kier alpha value is -2.11. The molecule has 2 atom stereocenters. The van der Waals surface area contributed by atoms with Gasteiger partial charge in [-0.25, -0.2) is 9.18 Å². The molecule has 0 aromatic heterocycles. The molecule has 0 spiro atoms. The number of ether oxygens (including phenoxy) is 1. The zero-order valence-electron chi connectivity index (χ0n) is 10.7. The molecule has 1 amide bonds. The molecule has 0 fully saturated rings. The van der Waals surface area contributed by atoms with E-state index in [1.165, 1.54) is 25.1 Å². The summed E-state index contributed by atoms with van der Waals surface area (Å²) in [6.45, 7) is 3.12. The van der Waals surface area contributed by atoms with Crippen LogP contribution >= 0.6 is 0 Å². The van der Waals surface area contributed by atoms with Crippen molar-refractivity contribution in [3.05, 3.63) is 30.1 Å². The smallest absolute Gasteiger partial charge is 0.326 e. The highest BCUT2D eigenvalue weighted by molar-refractivity contribution is 5.86. The van der Waals surface area contributed by atoms with Crippen LogP contribution in [0.2, 0.25) is 0 Å². The van der Waals surface area contributed by atoms with Gasteiger partial charge in [0.1, 0.15) is 17.6 Å². The zero-order chi connectivity index (χ0) is 14.4. The van der Waals surface area contributed by atoms with E-state index in [0.29, 0.717) is 0 Å². The summed E-state index contributed by atoms with van der Waals surface area (Å²) in [5.74, 6) is -1.92. The first-order valence-electron chi connectivity index (χ1n) is 5.89. The number of amides is 1. The minimum Gasteiger partial charge on any atom is -0.481 e. The molecule has 0 aliphatic carbocycles. The van der Waals surface area contributed by atoms with Gasteiger partial charge in [-0.1, -0.05) is 13.0 Å². The maximum atomic E-state index is 12.9. The van der Waals surface area contributed by atoms with Gasteiger partial charge in [0.15, 0.2) is 6.10 Å². The Balaban J connectivity index is 2.60. The second-order valence-electron chi connectivity index (χ2n) is 4.03. The number of carbonyl (C=O) groups is 2. The van der Waals surface area contributed by atoms with Crippen LogP contribution in [0.4, 0.5) is 4.39 Å². The van der Waals surface area contributed by atoms with Gasteiger partial charge in [-0.15, -0.1) is 0 Å². The molecule has 1 aromatic carbocycles. The summed E-state index contributed by atoms with van der Waals surface area (Å²) in [6, 6.07) is 4.43. The Morgan fingerprint density at radius 1 is 1.47 bits per heavy atom. The second-order valence-corrected chi connectivity index (χ2v) is 4.03. The molecule has 19 heavy (non-hydrogen) atoms. The van der Waals surface area contributed by atoms with E-state index in [2.05, 4.69) is 5.32 Å². The maximum Gasteiger partial charge on any atom is 0.326 e. The topological polar surface area (TPSA) is 75.6 Å². The quantitative estimate of drug-likeness (QED) is 0.822. The minimum atomic E-state index is -1.10. The van der Waals surface area contributed by atoms with Gasteiger partial charge in [-0.2, -0.15) is 0 Å². The van der Waals surface area contributed by atoms with E-state index in [0.717, 1.165) is 6.07 Å². The zero-order valence-corrected chi connectivity index (χ0v) is 10.7. The Morgan fingerprint density at radius 3 is 2.68 bits per heavy atom. The minimum absolute atomic E-state index is 0.214. The average Bonchev–Trinajstić information content (AvgIpc) is 2.35. The first-order chi connectivity index (χ1) is 8.93. The number of aliphatic carboxylic acids is 1. The van der Waals surface area contributed by atoms with Crippen molar-refractivity contribution >= 4 is 11.9 Å². The summed E-state index contributed by atoms with van der Waals surface area (Å²) in [6.07, 6.45) is -0.636. The summed E-state index contributed by atoms with van der Waals surface area (Å²) in [5.41, 5.74) is 0. The van der Waals surface area contributed by atoms with Crippen molar-refractivity contribution in [2.45, 2.75) is 32.4 Å². The highest BCUT2D eigenvalue weighted by Gasteiger charge is 2.22. The molecule has 0 saturated carbocycles. The molecule has 5 nitrogen and oxygen atoms in total. The number of carbonyl (C=O) groups excluding carboxylic acids is 1. The number of nitrogens with one attached hydrogen (secondary N) is 1. The molecule has 6 heteroatoms. The predicted octanol–water partition coefficient (Wildman–Crippen LogP) is 1.57. The second kappa shape index (κ2) is 6.72. The molecule has 2 N–H and O–H groups in total. The molecule has 0 aliphatic rings. The lowest BCUT2D eigenvalue weighted by molar-refractivity contribution is -0.143. The molecule has 2 unspecified atom stereocenters. The van der Waals surface area contributed by atoms with Crippen molar-refractivity contribution < 1.29 is 23.8 Å². The third-order valence-electron chi connectivity index (χ3n) is 2.50. The third kappa shape index (κ3) is 4.57. The highest BCUT2D eigenvalue weighted by atomic mass is 19.1. The summed E-state index contributed by atoms with van der Waals surface area (Å²) < 4.78 is 18.2. The van der Waals surface area contributed by atoms with Crippen LogP contribution in [0, 0.1) is 5.82 Å². The van der Waals surface area contributed by atoms with E-state index in [4.69, 9.17) is 9.84 Å². The molecular formula is C13H16FNO4. The summed E-state index contributed by atoms with van der Waals surface area (Å²) >= 11 is 0. The molecular weight excluding hydrogens is 253 g/mol. The Kier molecular flexibility index (Phi) is 5.29. The lowest BCUT2D eigenvalue weighted by atomic mass is 10.2. The van der Waals surface area contributed by atoms with Gasteiger partial charge in [0.05, 0.1) is 0 Å². The van der Waals surface area contributed by atoms with Crippen LogP contribution in [0.15, 0.2) is 24.3 Å². The number of carboxylic acids is 1. The van der Waals surface area contributed by atoms with Crippen LogP contribution in [0.25, 0.3) is 0 Å². The lowest BCUT2D eigenvalue weighted by Crippen LogP contribution is -2.45. The van der Waals surface area contributed by atoms with Gasteiger partial charge < -0.3 is 15.2 Å². The SMILES string of the molecule is CCC(NC(=O)C(C)Oc1cccc(F)c1)C(=O)O. The average molecular weight is 269 g/mol. The Morgan fingerprint density at radius 2 is 2.16 bits per heavy atom. The van der Waals surface area contributed by atoms with Gasteiger partial charge >= 0.3 is 5.97 Å². The van der Waals surface area contributed by atoms with Crippen molar-refractivity contribution in [2.75, 3.05) is 0 Å². The number of hydrogen-bond acceptors (Lipinski definition) is 3. The Bertz CT molecular complexity index is 464. The van der Waals surface area contributed by atoms with Crippen molar-refractivity contribution in [3.8, 4) is 5.75 Å². The fraction of sp³-hybridized carbons (Fsp3) is 0.385. The van der Waals surface area contributed by atoms with Crippen LogP contribution in [-0.2, 0) is 9.59 Å². The number of benzene rings is 1. The predicted molar refractivity (Wildman–Crippen MR) is 66.3 cm³/mol. The molecule has 0 bridgehead atoms. The lowest BCUT2D eigenvalue weighted by Gasteiger charge is -2.17. The first kappa shape index (κ1) is 14.9. The normalized spacial score (nSPS) is 13.4. The number of halogens is 1. The van der Waals surface area contributed by atoms with Gasteiger partial charge in [0, 0.05) is 6.07 Å². The van der Waals surface area contributed by atoms with Crippen molar-refractivity contribution in [3.63, 3.8) is 0 Å². The van der Waals surface area contributed by atoms with Crippen LogP contribution in [-0.4, -0.2) is 29.1 Å². The van der Waals surface area contributed by atoms with Gasteiger partial charge in [0.25, 0.3) is 5.91 Å². The largest absolute Gasteiger partial charge is 0.481 e. The van der Waals surface area contributed by atoms with Gasteiger partial charge in [-0.3, -0.25) is 4.79 Å². The fourth-order valence-corrected chi connectivity index (χ4v) is 1.43. The van der Waals surface area contributed by atoms with Crippen LogP contribution in [0.5, 0.6) is 5.75 Å². The molecule has 104 valence electrons. The summed E-state index contributed by atoms with van der Waals surface area (Å²) in [5, 5.41) is 11.2. The molecule has 1 aromatic rings. The van der Waals surface area contributed by atoms with Crippen molar-refractivity contribution in [1.82, 2.24) is 5.32 Å². The highest BCUT2D eigenvalue weighted by Crippen LogP contribution is 2.13. The molecule has 0 radical (unpaired) electrons. The summed E-state index contributed by atoms with van der Waals surface area (Å²) in [7, 11) is 0. The summed E-state index contributed by atoms with van der Waals surface area (Å²) in [4.78, 5) is 22.5. The van der Waals surface area contributed by atoms with Gasteiger partial charge in [0.2, 0.25) is 0 Å². The third-order valence-corrected chi connectivity index (χ3v) is 2.50. The number of carboxylic acid groups (broad SMARTS) is 1. The van der Waals surface area contributed by atoms with E-state index in [1.807, 2.05) is 0 Å². The van der Waals surface area contributed by atoms with Crippen molar-refractivity contribution in [1.29, 1.82) is 0 Å². The first-order valence-corrected chi connectivity index (χ1v) is 5.89. The van der Waals surface area contributed by atoms with Crippen LogP contribution in [0.3, 0.4) is 0 Å². The standard InChI is InChI=1S/C13H16FNO4/c1-3-11(13(17)18)15-12(16)8(2)19-10-6-4-5-9(14)7-10/h4-8,11H,3H2,1-2H3,(H,15,16)(H,17,18). The van der Waals surface area contributed by atoms with Crippen LogP contribution < -0.4 is 10.1 Å². The molecule has 0 heterocycles. The monoisotopic (exact) mass is 269 g/mol.